The molecule has 27 heavy (non-hydrogen) atoms. The first-order valence-corrected chi connectivity index (χ1v) is 9.19. The second-order valence-corrected chi connectivity index (χ2v) is 6.71. The first-order chi connectivity index (χ1) is 13.3. The van der Waals surface area contributed by atoms with Crippen LogP contribution in [0.25, 0.3) is 0 Å². The predicted octanol–water partition coefficient (Wildman–Crippen LogP) is 4.42. The Morgan fingerprint density at radius 3 is 2.33 bits per heavy atom. The van der Waals surface area contributed by atoms with E-state index in [1.807, 2.05) is 72.8 Å². The highest BCUT2D eigenvalue weighted by Gasteiger charge is 2.33. The Morgan fingerprint density at radius 1 is 0.852 bits per heavy atom. The summed E-state index contributed by atoms with van der Waals surface area (Å²) < 4.78 is 5.85. The second kappa shape index (κ2) is 8.06. The number of hydrogen-bond donors (Lipinski definition) is 2. The molecular weight excluding hydrogens is 336 g/mol. The zero-order valence-corrected chi connectivity index (χ0v) is 15.0. The highest BCUT2D eigenvalue weighted by atomic mass is 16.5. The quantitative estimate of drug-likeness (QED) is 0.710. The van der Waals surface area contributed by atoms with Gasteiger partial charge < -0.3 is 15.4 Å². The van der Waals surface area contributed by atoms with Crippen LogP contribution in [0.2, 0.25) is 0 Å². The lowest BCUT2D eigenvalue weighted by atomic mass is 9.88. The number of ether oxygens (including phenoxy) is 1. The summed E-state index contributed by atoms with van der Waals surface area (Å²) >= 11 is 0. The minimum absolute atomic E-state index is 0.0331. The third-order valence-corrected chi connectivity index (χ3v) is 4.86. The number of anilines is 1. The summed E-state index contributed by atoms with van der Waals surface area (Å²) in [7, 11) is 0. The molecule has 1 saturated heterocycles. The van der Waals surface area contributed by atoms with Crippen LogP contribution < -0.4 is 15.4 Å². The fourth-order valence-corrected chi connectivity index (χ4v) is 3.50. The maximum atomic E-state index is 12.9. The summed E-state index contributed by atoms with van der Waals surface area (Å²) in [6.07, 6.45) is 0. The van der Waals surface area contributed by atoms with E-state index in [9.17, 15) is 4.79 Å². The van der Waals surface area contributed by atoms with E-state index in [1.165, 1.54) is 5.56 Å². The van der Waals surface area contributed by atoms with Crippen molar-refractivity contribution in [1.82, 2.24) is 5.32 Å². The summed E-state index contributed by atoms with van der Waals surface area (Å²) in [5, 5.41) is 6.40. The van der Waals surface area contributed by atoms with Crippen LogP contribution >= 0.6 is 0 Å². The fraction of sp³-hybridized carbons (Fsp3) is 0.174. The van der Waals surface area contributed by atoms with Gasteiger partial charge in [-0.15, -0.1) is 0 Å². The van der Waals surface area contributed by atoms with Gasteiger partial charge in [-0.2, -0.15) is 0 Å². The molecule has 3 aromatic rings. The summed E-state index contributed by atoms with van der Waals surface area (Å²) in [5.74, 6) is 1.60. The highest BCUT2D eigenvalue weighted by Crippen LogP contribution is 2.30. The topological polar surface area (TPSA) is 50.4 Å². The van der Waals surface area contributed by atoms with E-state index in [4.69, 9.17) is 4.74 Å². The second-order valence-electron chi connectivity index (χ2n) is 6.71. The molecule has 1 heterocycles. The fourth-order valence-electron chi connectivity index (χ4n) is 3.50. The molecule has 0 spiro atoms. The van der Waals surface area contributed by atoms with Gasteiger partial charge in [0.25, 0.3) is 0 Å². The van der Waals surface area contributed by atoms with Gasteiger partial charge in [-0.05, 0) is 29.8 Å². The number of benzene rings is 3. The number of hydrogen-bond acceptors (Lipinski definition) is 3. The third-order valence-electron chi connectivity index (χ3n) is 4.86. The molecule has 2 N–H and O–H groups in total. The maximum absolute atomic E-state index is 12.9. The van der Waals surface area contributed by atoms with Crippen LogP contribution in [0.4, 0.5) is 5.69 Å². The van der Waals surface area contributed by atoms with E-state index in [1.54, 1.807) is 0 Å². The summed E-state index contributed by atoms with van der Waals surface area (Å²) in [4.78, 5) is 12.9. The molecule has 1 aliphatic heterocycles. The summed E-state index contributed by atoms with van der Waals surface area (Å²) in [5.41, 5.74) is 1.94. The first-order valence-electron chi connectivity index (χ1n) is 9.19. The standard InChI is InChI=1S/C23H22N2O2/c26-23(22-16-24-15-21(22)17-8-3-1-4-9-17)25-18-10-7-13-20(14-18)27-19-11-5-2-6-12-19/h1-14,21-22,24H,15-16H2,(H,25,26)/t21-,22+/m0/s1. The molecule has 0 unspecified atom stereocenters. The Kier molecular flexibility index (Phi) is 5.17. The van der Waals surface area contributed by atoms with Gasteiger partial charge in [0.2, 0.25) is 5.91 Å². The van der Waals surface area contributed by atoms with E-state index in [0.29, 0.717) is 12.3 Å². The van der Waals surface area contributed by atoms with E-state index in [-0.39, 0.29) is 17.7 Å². The smallest absolute Gasteiger partial charge is 0.229 e. The molecule has 1 fully saturated rings. The molecule has 4 nitrogen and oxygen atoms in total. The van der Waals surface area contributed by atoms with Crippen LogP contribution in [-0.4, -0.2) is 19.0 Å². The number of carbonyl (C=O) groups is 1. The minimum atomic E-state index is -0.0916. The van der Waals surface area contributed by atoms with E-state index in [0.717, 1.165) is 18.0 Å². The average molecular weight is 358 g/mol. The molecule has 0 aliphatic carbocycles. The lowest BCUT2D eigenvalue weighted by molar-refractivity contribution is -0.119. The number of carbonyl (C=O) groups excluding carboxylic acids is 1. The van der Waals surface area contributed by atoms with Crippen molar-refractivity contribution in [2.45, 2.75) is 5.92 Å². The summed E-state index contributed by atoms with van der Waals surface area (Å²) in [6, 6.07) is 27.3. The molecule has 136 valence electrons. The van der Waals surface area contributed by atoms with Gasteiger partial charge in [-0.3, -0.25) is 4.79 Å². The van der Waals surface area contributed by atoms with Crippen molar-refractivity contribution in [2.24, 2.45) is 5.92 Å². The molecule has 4 rings (SSSR count). The van der Waals surface area contributed by atoms with Crippen molar-refractivity contribution in [1.29, 1.82) is 0 Å². The van der Waals surface area contributed by atoms with Crippen LogP contribution in [0, 0.1) is 5.92 Å². The van der Waals surface area contributed by atoms with Crippen LogP contribution in [-0.2, 0) is 4.79 Å². The Hall–Kier alpha value is -3.11. The predicted molar refractivity (Wildman–Crippen MR) is 107 cm³/mol. The molecule has 1 aliphatic rings. The minimum Gasteiger partial charge on any atom is -0.457 e. The third kappa shape index (κ3) is 4.18. The van der Waals surface area contributed by atoms with Crippen molar-refractivity contribution in [3.63, 3.8) is 0 Å². The van der Waals surface area contributed by atoms with E-state index in [2.05, 4.69) is 22.8 Å². The van der Waals surface area contributed by atoms with Crippen molar-refractivity contribution in [3.8, 4) is 11.5 Å². The van der Waals surface area contributed by atoms with Crippen molar-refractivity contribution in [3.05, 3.63) is 90.5 Å². The van der Waals surface area contributed by atoms with E-state index < -0.39 is 0 Å². The Labute approximate surface area is 159 Å². The van der Waals surface area contributed by atoms with Crippen molar-refractivity contribution < 1.29 is 9.53 Å². The Balaban J connectivity index is 1.45. The molecule has 1 amide bonds. The van der Waals surface area contributed by atoms with Gasteiger partial charge in [-0.1, -0.05) is 54.6 Å². The van der Waals surface area contributed by atoms with Gasteiger partial charge in [0.15, 0.2) is 0 Å². The van der Waals surface area contributed by atoms with Gasteiger partial charge >= 0.3 is 0 Å². The monoisotopic (exact) mass is 358 g/mol. The molecule has 4 heteroatoms. The van der Waals surface area contributed by atoms with Crippen LogP contribution in [0.1, 0.15) is 11.5 Å². The lowest BCUT2D eigenvalue weighted by Crippen LogP contribution is -2.28. The Morgan fingerprint density at radius 2 is 1.56 bits per heavy atom. The van der Waals surface area contributed by atoms with Gasteiger partial charge in [0.1, 0.15) is 11.5 Å². The molecule has 0 saturated carbocycles. The molecule has 0 radical (unpaired) electrons. The molecule has 0 aromatic heterocycles. The van der Waals surface area contributed by atoms with Crippen molar-refractivity contribution >= 4 is 11.6 Å². The molecule has 0 bridgehead atoms. The zero-order chi connectivity index (χ0) is 18.5. The average Bonchev–Trinajstić information content (AvgIpc) is 3.20. The number of nitrogens with one attached hydrogen (secondary N) is 2. The van der Waals surface area contributed by atoms with Crippen LogP contribution in [0.5, 0.6) is 11.5 Å². The van der Waals surface area contributed by atoms with Crippen molar-refractivity contribution in [2.75, 3.05) is 18.4 Å². The van der Waals surface area contributed by atoms with Crippen LogP contribution in [0.3, 0.4) is 0 Å². The van der Waals surface area contributed by atoms with Gasteiger partial charge in [-0.25, -0.2) is 0 Å². The highest BCUT2D eigenvalue weighted by molar-refractivity contribution is 5.93. The Bertz CT molecular complexity index is 897. The van der Waals surface area contributed by atoms with Gasteiger partial charge in [0, 0.05) is 30.8 Å². The first kappa shape index (κ1) is 17.3. The lowest BCUT2D eigenvalue weighted by Gasteiger charge is -2.19. The zero-order valence-electron chi connectivity index (χ0n) is 15.0. The van der Waals surface area contributed by atoms with E-state index >= 15 is 0 Å². The SMILES string of the molecule is O=C(Nc1cccc(Oc2ccccc2)c1)[C@@H]1CNC[C@H]1c1ccccc1. The maximum Gasteiger partial charge on any atom is 0.229 e. The molecule has 2 atom stereocenters. The number of amides is 1. The van der Waals surface area contributed by atoms with Crippen LogP contribution in [0.15, 0.2) is 84.9 Å². The summed E-state index contributed by atoms with van der Waals surface area (Å²) in [6.45, 7) is 1.50. The normalized spacial score (nSPS) is 18.8. The number of rotatable bonds is 5. The number of para-hydroxylation sites is 1. The molecular formula is C23H22N2O2. The molecule has 3 aromatic carbocycles. The largest absolute Gasteiger partial charge is 0.457 e. The van der Waals surface area contributed by atoms with Gasteiger partial charge in [0.05, 0.1) is 5.92 Å².